The molecule has 6 rings (SSSR count). The third kappa shape index (κ3) is 14.8. The number of nitrogens with two attached hydrogens (primary N) is 3. The van der Waals surface area contributed by atoms with Gasteiger partial charge in [-0.25, -0.2) is 0 Å². The summed E-state index contributed by atoms with van der Waals surface area (Å²) < 4.78 is 10.1. The van der Waals surface area contributed by atoms with Gasteiger partial charge in [-0.05, 0) is 23.7 Å². The van der Waals surface area contributed by atoms with E-state index in [1.54, 1.807) is 12.1 Å². The molecule has 0 aliphatic carbocycles. The Morgan fingerprint density at radius 3 is 1.61 bits per heavy atom. The standard InChI is InChI=1S/C8H5ClN2O4.C8H7ClN2O2.C6H5ClN2O3.C6H6N2O3.C2H2BrClO.CH4/c9-4-1-5(11(13)14)8-6(2-4)15-3-7(12)10-8;9-4-1-5(10)8-6(2-4)13-3-7(12)11-8;7-3-1-4(9(11)12)6(8)5(10)2-3;7-6-4(8(10)11)2-1-3-5(6)9;3-1-2(4)5;/h1-2H,3H2,(H,10,12);1-2H,3,10H2,(H,11,12);1-2,10H,8H2;1-3,9H,7H2;1H2;1H4. The lowest BCUT2D eigenvalue weighted by atomic mass is 10.2. The number of aromatic hydroxyl groups is 2. The monoisotopic (exact) mass is 940 g/mol. The number of carbonyl (C=O) groups is 3. The Balaban J connectivity index is 0.000000365. The van der Waals surface area contributed by atoms with Crippen LogP contribution in [-0.4, -0.2) is 60.6 Å². The predicted octanol–water partition coefficient (Wildman–Crippen LogP) is 7.03. The second-order valence-electron chi connectivity index (χ2n) is 10.2. The van der Waals surface area contributed by atoms with Gasteiger partial charge < -0.3 is 47.5 Å². The van der Waals surface area contributed by atoms with Crippen LogP contribution in [-0.2, 0) is 14.4 Å². The minimum absolute atomic E-state index is 0. The number of benzene rings is 4. The summed E-state index contributed by atoms with van der Waals surface area (Å²) >= 11 is 24.5. The van der Waals surface area contributed by atoms with Crippen LogP contribution < -0.4 is 37.3 Å². The van der Waals surface area contributed by atoms with Gasteiger partial charge in [-0.2, -0.15) is 0 Å². The number of hydrogen-bond donors (Lipinski definition) is 7. The van der Waals surface area contributed by atoms with E-state index in [2.05, 4.69) is 26.6 Å². The first-order chi connectivity index (χ1) is 26.2. The molecule has 21 nitrogen and oxygen atoms in total. The summed E-state index contributed by atoms with van der Waals surface area (Å²) in [5, 5.41) is 54.7. The molecule has 2 heterocycles. The van der Waals surface area contributed by atoms with Crippen LogP contribution >= 0.6 is 62.3 Å². The summed E-state index contributed by atoms with van der Waals surface area (Å²) in [5.41, 5.74) is 15.6. The molecular formula is C31H29BrCl4N8O13. The molecule has 0 atom stereocenters. The van der Waals surface area contributed by atoms with Crippen LogP contribution in [0.1, 0.15) is 7.43 Å². The first-order valence-electron chi connectivity index (χ1n) is 14.5. The van der Waals surface area contributed by atoms with Crippen molar-refractivity contribution in [3.05, 3.63) is 100 Å². The van der Waals surface area contributed by atoms with Gasteiger partial charge in [-0.1, -0.05) is 64.2 Å². The van der Waals surface area contributed by atoms with E-state index in [1.807, 2.05) is 0 Å². The minimum atomic E-state index is -0.707. The molecule has 0 bridgehead atoms. The number of halogens is 5. The number of nitrogens with one attached hydrogen (secondary N) is 2. The number of ether oxygens (including phenoxy) is 2. The lowest BCUT2D eigenvalue weighted by Crippen LogP contribution is -2.26. The molecule has 306 valence electrons. The number of phenols is 2. The molecule has 57 heavy (non-hydrogen) atoms. The second-order valence-corrected chi connectivity index (χ2v) is 12.5. The number of phenolic OH excluding ortho intramolecular Hbond substituents is 2. The molecule has 4 aromatic carbocycles. The normalized spacial score (nSPS) is 11.5. The molecule has 4 aromatic rings. The van der Waals surface area contributed by atoms with E-state index in [0.717, 1.165) is 18.2 Å². The molecule has 2 aliphatic heterocycles. The van der Waals surface area contributed by atoms with E-state index < -0.39 is 20.7 Å². The fourth-order valence-electron chi connectivity index (χ4n) is 3.88. The van der Waals surface area contributed by atoms with Gasteiger partial charge in [-0.15, -0.1) is 0 Å². The molecule has 0 fully saturated rings. The van der Waals surface area contributed by atoms with Crippen molar-refractivity contribution in [2.75, 3.05) is 46.4 Å². The fraction of sp³-hybridized carbons (Fsp3) is 0.129. The van der Waals surface area contributed by atoms with Crippen LogP contribution in [0.3, 0.4) is 0 Å². The first-order valence-corrected chi connectivity index (χ1v) is 17.1. The largest absolute Gasteiger partial charge is 0.506 e. The van der Waals surface area contributed by atoms with Gasteiger partial charge >= 0.3 is 0 Å². The molecular weight excluding hydrogens is 914 g/mol. The zero-order chi connectivity index (χ0) is 42.4. The smallest absolute Gasteiger partial charge is 0.298 e. The van der Waals surface area contributed by atoms with Gasteiger partial charge in [0.25, 0.3) is 28.9 Å². The Kier molecular flexibility index (Phi) is 19.3. The van der Waals surface area contributed by atoms with Gasteiger partial charge in [0.1, 0.15) is 22.9 Å². The summed E-state index contributed by atoms with van der Waals surface area (Å²) in [5.74, 6) is -0.541. The van der Waals surface area contributed by atoms with Crippen molar-refractivity contribution in [1.82, 2.24) is 0 Å². The quantitative estimate of drug-likeness (QED) is 0.0269. The van der Waals surface area contributed by atoms with Crippen LogP contribution in [0.4, 0.5) is 45.5 Å². The Bertz CT molecular complexity index is 2180. The average Bonchev–Trinajstić information content (AvgIpc) is 3.12. The molecule has 0 aromatic heterocycles. The van der Waals surface area contributed by atoms with E-state index in [4.69, 9.17) is 83.3 Å². The number of alkyl halides is 1. The fourth-order valence-corrected chi connectivity index (χ4v) is 4.51. The number of carbonyl (C=O) groups excluding carboxylic acids is 3. The number of anilines is 5. The van der Waals surface area contributed by atoms with Gasteiger partial charge in [-0.3, -0.25) is 44.7 Å². The summed E-state index contributed by atoms with van der Waals surface area (Å²) in [7, 11) is 0. The second kappa shape index (κ2) is 22.5. The number of hydrogen-bond acceptors (Lipinski definition) is 16. The minimum Gasteiger partial charge on any atom is -0.506 e. The molecule has 0 unspecified atom stereocenters. The van der Waals surface area contributed by atoms with E-state index in [0.29, 0.717) is 22.1 Å². The van der Waals surface area contributed by atoms with Crippen molar-refractivity contribution < 1.29 is 48.8 Å². The molecule has 2 aliphatic rings. The van der Waals surface area contributed by atoms with E-state index in [1.165, 1.54) is 24.3 Å². The number of amides is 2. The Labute approximate surface area is 349 Å². The highest BCUT2D eigenvalue weighted by Gasteiger charge is 2.26. The van der Waals surface area contributed by atoms with Gasteiger partial charge in [0.05, 0.1) is 35.8 Å². The maximum atomic E-state index is 11.0. The van der Waals surface area contributed by atoms with Crippen LogP contribution in [0, 0.1) is 30.3 Å². The summed E-state index contributed by atoms with van der Waals surface area (Å²) in [6, 6.07) is 11.9. The number of nitro benzene ring substituents is 3. The van der Waals surface area contributed by atoms with Crippen LogP contribution in [0.5, 0.6) is 23.0 Å². The number of para-hydroxylation sites is 1. The van der Waals surface area contributed by atoms with Crippen molar-refractivity contribution in [2.24, 2.45) is 0 Å². The van der Waals surface area contributed by atoms with E-state index in [-0.39, 0.29) is 98.5 Å². The number of nitrogens with zero attached hydrogens (tertiary/aromatic N) is 3. The molecule has 10 N–H and O–H groups in total. The summed E-state index contributed by atoms with van der Waals surface area (Å²) in [4.78, 5) is 60.6. The lowest BCUT2D eigenvalue weighted by Gasteiger charge is -2.19. The zero-order valence-electron chi connectivity index (χ0n) is 27.7. The van der Waals surface area contributed by atoms with Gasteiger partial charge in [0.2, 0.25) is 5.24 Å². The van der Waals surface area contributed by atoms with Crippen LogP contribution in [0.25, 0.3) is 0 Å². The van der Waals surface area contributed by atoms with Crippen molar-refractivity contribution in [1.29, 1.82) is 0 Å². The highest BCUT2D eigenvalue weighted by Crippen LogP contribution is 2.39. The molecule has 2 amide bonds. The van der Waals surface area contributed by atoms with E-state index in [9.17, 15) is 44.7 Å². The van der Waals surface area contributed by atoms with Gasteiger partial charge in [0.15, 0.2) is 36.0 Å². The molecule has 0 radical (unpaired) electrons. The summed E-state index contributed by atoms with van der Waals surface area (Å²) in [6.07, 6.45) is 0. The maximum Gasteiger partial charge on any atom is 0.298 e. The number of fused-ring (bicyclic) bond motifs is 2. The number of nitro groups is 3. The molecule has 0 saturated carbocycles. The summed E-state index contributed by atoms with van der Waals surface area (Å²) in [6.45, 7) is -0.155. The first kappa shape index (κ1) is 48.9. The highest BCUT2D eigenvalue weighted by atomic mass is 79.9. The van der Waals surface area contributed by atoms with Gasteiger partial charge in [0, 0.05) is 41.4 Å². The zero-order valence-corrected chi connectivity index (χ0v) is 32.3. The van der Waals surface area contributed by atoms with Crippen molar-refractivity contribution >= 4 is 125 Å². The van der Waals surface area contributed by atoms with Crippen LogP contribution in [0.15, 0.2) is 54.6 Å². The van der Waals surface area contributed by atoms with Crippen molar-refractivity contribution in [3.8, 4) is 23.0 Å². The Morgan fingerprint density at radius 1 is 0.719 bits per heavy atom. The number of nitrogen functional groups attached to an aromatic ring is 3. The molecule has 0 saturated heterocycles. The van der Waals surface area contributed by atoms with Crippen LogP contribution in [0.2, 0.25) is 15.1 Å². The highest BCUT2D eigenvalue weighted by molar-refractivity contribution is 9.09. The Hall–Kier alpha value is -6.07. The van der Waals surface area contributed by atoms with Crippen molar-refractivity contribution in [2.45, 2.75) is 7.43 Å². The number of rotatable bonds is 4. The SMILES string of the molecule is C.Nc1c(O)cc(Cl)cc1[N+](=O)[O-].Nc1c(O)cccc1[N+](=O)[O-].Nc1cc(Cl)cc2c1NC(=O)CO2.O=C(Cl)CBr.O=C1COc2cc(Cl)cc([N+](=O)[O-])c2N1. The third-order valence-corrected chi connectivity index (χ3v) is 7.87. The van der Waals surface area contributed by atoms with Crippen molar-refractivity contribution in [3.63, 3.8) is 0 Å². The topological polar surface area (TPSA) is 342 Å². The van der Waals surface area contributed by atoms with E-state index >= 15 is 0 Å². The predicted molar refractivity (Wildman–Crippen MR) is 217 cm³/mol. The maximum absolute atomic E-state index is 11.0. The molecule has 26 heteroatoms. The molecule has 0 spiro atoms. The average molecular weight is 943 g/mol. The lowest BCUT2D eigenvalue weighted by molar-refractivity contribution is -0.384. The Morgan fingerprint density at radius 2 is 1.14 bits per heavy atom. The third-order valence-electron chi connectivity index (χ3n) is 6.25.